The lowest BCUT2D eigenvalue weighted by molar-refractivity contribution is 0.0907. The Balaban J connectivity index is 1.72. The van der Waals surface area contributed by atoms with Gasteiger partial charge in [0.15, 0.2) is 9.84 Å². The van der Waals surface area contributed by atoms with Crippen LogP contribution >= 0.6 is 11.3 Å². The van der Waals surface area contributed by atoms with Crippen LogP contribution < -0.4 is 5.32 Å². The van der Waals surface area contributed by atoms with Crippen LogP contribution in [0.15, 0.2) is 53.9 Å². The second-order valence-corrected chi connectivity index (χ2v) is 10.1. The standard InChI is InChI=1S/C19H19N3O3S2/c1-19(9-11-27(24,25)13-19)20-18(23)16-12-15(17-8-5-10-26-17)21-22(16)14-6-3-2-4-7-14/h2-8,10,12H,9,11,13H2,1H3,(H,20,23)/t19-/m0/s1. The van der Waals surface area contributed by atoms with Gasteiger partial charge in [-0.2, -0.15) is 5.10 Å². The van der Waals surface area contributed by atoms with Crippen molar-refractivity contribution in [3.05, 3.63) is 59.6 Å². The maximum absolute atomic E-state index is 13.0. The zero-order valence-electron chi connectivity index (χ0n) is 14.8. The van der Waals surface area contributed by atoms with E-state index >= 15 is 0 Å². The lowest BCUT2D eigenvalue weighted by atomic mass is 10.0. The quantitative estimate of drug-likeness (QED) is 0.729. The fourth-order valence-corrected chi connectivity index (χ4v) is 6.08. The Morgan fingerprint density at radius 1 is 1.22 bits per heavy atom. The van der Waals surface area contributed by atoms with E-state index in [4.69, 9.17) is 0 Å². The van der Waals surface area contributed by atoms with Crippen molar-refractivity contribution in [2.45, 2.75) is 18.9 Å². The van der Waals surface area contributed by atoms with E-state index < -0.39 is 15.4 Å². The number of para-hydroxylation sites is 1. The summed E-state index contributed by atoms with van der Waals surface area (Å²) in [5.74, 6) is -0.265. The average molecular weight is 402 g/mol. The highest BCUT2D eigenvalue weighted by Gasteiger charge is 2.40. The van der Waals surface area contributed by atoms with Crippen molar-refractivity contribution in [1.29, 1.82) is 0 Å². The number of benzene rings is 1. The molecule has 1 aromatic carbocycles. The third kappa shape index (κ3) is 3.68. The van der Waals surface area contributed by atoms with Crippen LogP contribution in [0.4, 0.5) is 0 Å². The molecular formula is C19H19N3O3S2. The number of carbonyl (C=O) groups is 1. The Morgan fingerprint density at radius 2 is 2.00 bits per heavy atom. The van der Waals surface area contributed by atoms with Gasteiger partial charge in [-0.3, -0.25) is 4.79 Å². The van der Waals surface area contributed by atoms with Gasteiger partial charge in [0.25, 0.3) is 5.91 Å². The number of rotatable bonds is 4. The minimum Gasteiger partial charge on any atom is -0.344 e. The summed E-state index contributed by atoms with van der Waals surface area (Å²) in [6.07, 6.45) is 0.415. The van der Waals surface area contributed by atoms with Gasteiger partial charge in [0, 0.05) is 0 Å². The highest BCUT2D eigenvalue weighted by molar-refractivity contribution is 7.91. The second-order valence-electron chi connectivity index (χ2n) is 7.00. The van der Waals surface area contributed by atoms with Crippen molar-refractivity contribution in [1.82, 2.24) is 15.1 Å². The van der Waals surface area contributed by atoms with Crippen LogP contribution in [0.25, 0.3) is 16.3 Å². The molecule has 0 radical (unpaired) electrons. The van der Waals surface area contributed by atoms with Crippen LogP contribution in [0.5, 0.6) is 0 Å². The van der Waals surface area contributed by atoms with Crippen LogP contribution in [0, 0.1) is 0 Å². The molecule has 0 aliphatic carbocycles. The summed E-state index contributed by atoms with van der Waals surface area (Å²) in [6.45, 7) is 1.78. The molecule has 0 bridgehead atoms. The van der Waals surface area contributed by atoms with Gasteiger partial charge in [0.05, 0.1) is 27.6 Å². The number of aromatic nitrogens is 2. The van der Waals surface area contributed by atoms with Gasteiger partial charge < -0.3 is 5.32 Å². The molecule has 1 saturated heterocycles. The Kier molecular flexibility index (Phi) is 4.39. The number of amides is 1. The molecule has 27 heavy (non-hydrogen) atoms. The summed E-state index contributed by atoms with van der Waals surface area (Å²) in [6, 6.07) is 15.1. The average Bonchev–Trinajstić information content (AvgIpc) is 3.34. The summed E-state index contributed by atoms with van der Waals surface area (Å²) in [4.78, 5) is 14.0. The molecule has 0 saturated carbocycles. The lowest BCUT2D eigenvalue weighted by Gasteiger charge is -2.23. The molecule has 3 heterocycles. The Labute approximate surface area is 161 Å². The summed E-state index contributed by atoms with van der Waals surface area (Å²) in [5, 5.41) is 9.50. The number of thiophene rings is 1. The predicted molar refractivity (Wildman–Crippen MR) is 106 cm³/mol. The molecule has 1 atom stereocenters. The highest BCUT2D eigenvalue weighted by Crippen LogP contribution is 2.27. The van der Waals surface area contributed by atoms with Gasteiger partial charge in [-0.05, 0) is 43.0 Å². The summed E-state index contributed by atoms with van der Waals surface area (Å²) in [5.41, 5.74) is 1.11. The SMILES string of the molecule is C[C@]1(NC(=O)c2cc(-c3cccs3)nn2-c2ccccc2)CCS(=O)(=O)C1. The molecule has 6 nitrogen and oxygen atoms in total. The van der Waals surface area contributed by atoms with Crippen LogP contribution in [-0.4, -0.2) is 41.2 Å². The van der Waals surface area contributed by atoms with Gasteiger partial charge in [-0.25, -0.2) is 13.1 Å². The third-order valence-corrected chi connectivity index (χ3v) is 7.43. The van der Waals surface area contributed by atoms with Crippen molar-refractivity contribution >= 4 is 27.1 Å². The van der Waals surface area contributed by atoms with Crippen molar-refractivity contribution < 1.29 is 13.2 Å². The maximum atomic E-state index is 13.0. The molecule has 4 rings (SSSR count). The molecule has 1 amide bonds. The minimum absolute atomic E-state index is 0.0387. The maximum Gasteiger partial charge on any atom is 0.270 e. The number of nitrogens with one attached hydrogen (secondary N) is 1. The Morgan fingerprint density at radius 3 is 2.63 bits per heavy atom. The minimum atomic E-state index is -3.11. The summed E-state index contributed by atoms with van der Waals surface area (Å²) in [7, 11) is -3.11. The van der Waals surface area contributed by atoms with E-state index in [1.165, 1.54) is 0 Å². The van der Waals surface area contributed by atoms with Crippen LogP contribution in [-0.2, 0) is 9.84 Å². The first kappa shape index (κ1) is 17.9. The monoisotopic (exact) mass is 401 g/mol. The van der Waals surface area contributed by atoms with Crippen molar-refractivity contribution in [3.63, 3.8) is 0 Å². The zero-order valence-corrected chi connectivity index (χ0v) is 16.4. The van der Waals surface area contributed by atoms with Gasteiger partial charge in [0.1, 0.15) is 11.4 Å². The summed E-state index contributed by atoms with van der Waals surface area (Å²) < 4.78 is 25.3. The first-order valence-corrected chi connectivity index (χ1v) is 11.3. The summed E-state index contributed by atoms with van der Waals surface area (Å²) >= 11 is 1.55. The first-order valence-electron chi connectivity index (χ1n) is 8.58. The number of nitrogens with zero attached hydrogens (tertiary/aromatic N) is 2. The molecule has 1 aliphatic rings. The molecule has 1 N–H and O–H groups in total. The molecule has 0 spiro atoms. The van der Waals surface area contributed by atoms with E-state index in [9.17, 15) is 13.2 Å². The van der Waals surface area contributed by atoms with Crippen molar-refractivity contribution in [2.75, 3.05) is 11.5 Å². The van der Waals surface area contributed by atoms with Crippen molar-refractivity contribution in [3.8, 4) is 16.3 Å². The molecule has 0 unspecified atom stereocenters. The molecule has 3 aromatic rings. The van der Waals surface area contributed by atoms with Gasteiger partial charge >= 0.3 is 0 Å². The molecule has 1 aliphatic heterocycles. The van der Waals surface area contributed by atoms with E-state index in [1.807, 2.05) is 47.8 Å². The van der Waals surface area contributed by atoms with E-state index in [-0.39, 0.29) is 17.4 Å². The Hall–Kier alpha value is -2.45. The molecule has 1 fully saturated rings. The number of carbonyl (C=O) groups excluding carboxylic acids is 1. The van der Waals surface area contributed by atoms with Crippen LogP contribution in [0.2, 0.25) is 0 Å². The van der Waals surface area contributed by atoms with E-state index in [1.54, 1.807) is 29.0 Å². The number of sulfone groups is 1. The third-order valence-electron chi connectivity index (χ3n) is 4.64. The van der Waals surface area contributed by atoms with Crippen LogP contribution in [0.3, 0.4) is 0 Å². The predicted octanol–water partition coefficient (Wildman–Crippen LogP) is 2.91. The molecular weight excluding hydrogens is 382 g/mol. The fourth-order valence-electron chi connectivity index (χ4n) is 3.30. The van der Waals surface area contributed by atoms with Gasteiger partial charge in [-0.15, -0.1) is 11.3 Å². The number of hydrogen-bond donors (Lipinski definition) is 1. The zero-order chi connectivity index (χ0) is 19.1. The topological polar surface area (TPSA) is 81.1 Å². The van der Waals surface area contributed by atoms with E-state index in [2.05, 4.69) is 10.4 Å². The molecule has 140 valence electrons. The van der Waals surface area contributed by atoms with E-state index in [0.717, 1.165) is 10.6 Å². The molecule has 2 aromatic heterocycles. The highest BCUT2D eigenvalue weighted by atomic mass is 32.2. The van der Waals surface area contributed by atoms with Gasteiger partial charge in [0.2, 0.25) is 0 Å². The number of hydrogen-bond acceptors (Lipinski definition) is 5. The van der Waals surface area contributed by atoms with Crippen molar-refractivity contribution in [2.24, 2.45) is 0 Å². The van der Waals surface area contributed by atoms with E-state index in [0.29, 0.717) is 17.8 Å². The normalized spacial score (nSPS) is 21.2. The second kappa shape index (κ2) is 6.61. The van der Waals surface area contributed by atoms with Crippen LogP contribution in [0.1, 0.15) is 23.8 Å². The lowest BCUT2D eigenvalue weighted by Crippen LogP contribution is -2.47. The first-order chi connectivity index (χ1) is 12.9. The Bertz CT molecular complexity index is 1070. The van der Waals surface area contributed by atoms with Gasteiger partial charge in [-0.1, -0.05) is 24.3 Å². The fraction of sp³-hybridized carbons (Fsp3) is 0.263. The smallest absolute Gasteiger partial charge is 0.270 e. The largest absolute Gasteiger partial charge is 0.344 e. The molecule has 8 heteroatoms.